The van der Waals surface area contributed by atoms with Gasteiger partial charge >= 0.3 is 0 Å². The Morgan fingerprint density at radius 2 is 0.795 bits per heavy atom. The molecule has 3 aliphatic rings. The smallest absolute Gasteiger partial charge is 0.252 e. The van der Waals surface area contributed by atoms with Crippen LogP contribution in [0.2, 0.25) is 0 Å². The van der Waals surface area contributed by atoms with Crippen LogP contribution in [0.25, 0.3) is 22.3 Å². The van der Waals surface area contributed by atoms with Crippen LogP contribution in [-0.4, -0.2) is 6.71 Å². The Bertz CT molecular complexity index is 3950. The van der Waals surface area contributed by atoms with Crippen LogP contribution in [0.4, 0.5) is 34.1 Å². The Kier molecular flexibility index (Phi) is 13.3. The van der Waals surface area contributed by atoms with Gasteiger partial charge in [0.1, 0.15) is 0 Å². The van der Waals surface area contributed by atoms with Crippen LogP contribution in [0, 0.1) is 0 Å². The van der Waals surface area contributed by atoms with Crippen LogP contribution in [-0.2, 0) is 37.9 Å². The average molecular weight is 1090 g/mol. The lowest BCUT2D eigenvalue weighted by atomic mass is 9.32. The van der Waals surface area contributed by atoms with E-state index in [1.54, 1.807) is 0 Å². The fourth-order valence-corrected chi connectivity index (χ4v) is 13.9. The minimum atomic E-state index is -0.261. The predicted octanol–water partition coefficient (Wildman–Crippen LogP) is 20.0. The van der Waals surface area contributed by atoms with Gasteiger partial charge in [0, 0.05) is 44.8 Å². The molecule has 420 valence electrons. The van der Waals surface area contributed by atoms with Gasteiger partial charge in [0.2, 0.25) is 0 Å². The standard InChI is InChI=1S/C80H87BN2/c1-74(2,3)55-33-31-52(32-34-55)53-25-24-26-54(45-53)63-46-59(75(4,5)6)37-41-68(63)83-70-51-65-64(77(10,11)43-44-78(65,12)13)50-67(70)81-66-47-60(80(16,17)57-29-22-19-23-30-57)38-42-69(66)82(71-48-61(76(7,8)9)49-72(83)73(71)81)62-39-35-58(36-40-62)79(14,15)56-27-20-18-21-28-56/h18-42,45-51H,43-44H2,1-17H3. The number of benzene rings is 9. The molecular formula is C80H87BN2. The highest BCUT2D eigenvalue weighted by Gasteiger charge is 2.48. The van der Waals surface area contributed by atoms with Crippen LogP contribution in [0.5, 0.6) is 0 Å². The Hall–Kier alpha value is -7.36. The average Bonchev–Trinajstić information content (AvgIpc) is 1.35. The number of anilines is 6. The number of fused-ring (bicyclic) bond motifs is 5. The summed E-state index contributed by atoms with van der Waals surface area (Å²) < 4.78 is 0. The lowest BCUT2D eigenvalue weighted by Gasteiger charge is -2.48. The Morgan fingerprint density at radius 3 is 1.37 bits per heavy atom. The zero-order valence-electron chi connectivity index (χ0n) is 52.9. The van der Waals surface area contributed by atoms with Crippen molar-refractivity contribution in [2.45, 2.75) is 168 Å². The molecule has 0 aromatic heterocycles. The maximum absolute atomic E-state index is 2.73. The highest BCUT2D eigenvalue weighted by atomic mass is 15.2. The summed E-state index contributed by atoms with van der Waals surface area (Å²) in [4.78, 5) is 5.36. The van der Waals surface area contributed by atoms with E-state index in [-0.39, 0.29) is 44.6 Å². The van der Waals surface area contributed by atoms with Crippen LogP contribution >= 0.6 is 0 Å². The fraction of sp³-hybridized carbons (Fsp3) is 0.325. The molecule has 0 N–H and O–H groups in total. The van der Waals surface area contributed by atoms with Gasteiger partial charge < -0.3 is 9.80 Å². The first-order chi connectivity index (χ1) is 39.0. The third-order valence-electron chi connectivity index (χ3n) is 19.8. The van der Waals surface area contributed by atoms with Gasteiger partial charge in [-0.05, 0) is 178 Å². The number of nitrogens with zero attached hydrogens (tertiary/aromatic N) is 2. The van der Waals surface area contributed by atoms with E-state index in [2.05, 4.69) is 322 Å². The zero-order chi connectivity index (χ0) is 59.0. The lowest BCUT2D eigenvalue weighted by Crippen LogP contribution is -2.62. The maximum Gasteiger partial charge on any atom is 0.252 e. The molecule has 0 atom stereocenters. The van der Waals surface area contributed by atoms with Crippen molar-refractivity contribution in [3.05, 3.63) is 244 Å². The summed E-state index contributed by atoms with van der Waals surface area (Å²) in [6.07, 6.45) is 2.28. The third kappa shape index (κ3) is 9.69. The maximum atomic E-state index is 2.73. The predicted molar refractivity (Wildman–Crippen MR) is 360 cm³/mol. The number of hydrogen-bond acceptors (Lipinski definition) is 2. The van der Waals surface area contributed by atoms with Gasteiger partial charge in [-0.1, -0.05) is 257 Å². The molecule has 2 heterocycles. The summed E-state index contributed by atoms with van der Waals surface area (Å²) in [6.45, 7) is 40.6. The molecule has 0 bridgehead atoms. The van der Waals surface area contributed by atoms with Crippen LogP contribution in [0.3, 0.4) is 0 Å². The van der Waals surface area contributed by atoms with E-state index in [9.17, 15) is 0 Å². The molecule has 9 aromatic carbocycles. The van der Waals surface area contributed by atoms with Crippen LogP contribution in [0.1, 0.15) is 181 Å². The minimum absolute atomic E-state index is 0.00902. The van der Waals surface area contributed by atoms with Crippen LogP contribution in [0.15, 0.2) is 194 Å². The van der Waals surface area contributed by atoms with Gasteiger partial charge in [-0.25, -0.2) is 0 Å². The van der Waals surface area contributed by atoms with E-state index in [0.717, 1.165) is 18.5 Å². The van der Waals surface area contributed by atoms with Gasteiger partial charge in [-0.15, -0.1) is 0 Å². The normalized spacial score (nSPS) is 15.6. The molecule has 83 heavy (non-hydrogen) atoms. The third-order valence-corrected chi connectivity index (χ3v) is 19.8. The highest BCUT2D eigenvalue weighted by molar-refractivity contribution is 7.00. The first-order valence-corrected chi connectivity index (χ1v) is 30.7. The van der Waals surface area contributed by atoms with E-state index in [4.69, 9.17) is 0 Å². The van der Waals surface area contributed by atoms with Crippen molar-refractivity contribution in [2.24, 2.45) is 0 Å². The first kappa shape index (κ1) is 56.1. The number of rotatable bonds is 8. The molecule has 0 amide bonds. The summed E-state index contributed by atoms with van der Waals surface area (Å²) in [6, 6.07) is 75.7. The fourth-order valence-electron chi connectivity index (χ4n) is 13.9. The molecule has 1 aliphatic carbocycles. The van der Waals surface area contributed by atoms with E-state index in [1.807, 2.05) is 0 Å². The van der Waals surface area contributed by atoms with Gasteiger partial charge in [0.25, 0.3) is 6.71 Å². The Morgan fingerprint density at radius 1 is 0.325 bits per heavy atom. The van der Waals surface area contributed by atoms with Crippen molar-refractivity contribution in [2.75, 3.05) is 9.80 Å². The molecule has 0 saturated heterocycles. The van der Waals surface area contributed by atoms with Gasteiger partial charge in [0.15, 0.2) is 0 Å². The van der Waals surface area contributed by atoms with Crippen molar-refractivity contribution in [3.8, 4) is 22.3 Å². The van der Waals surface area contributed by atoms with E-state index >= 15 is 0 Å². The van der Waals surface area contributed by atoms with Crippen molar-refractivity contribution in [3.63, 3.8) is 0 Å². The molecule has 0 spiro atoms. The summed E-state index contributed by atoms with van der Waals surface area (Å²) in [5.74, 6) is 0. The lowest BCUT2D eigenvalue weighted by molar-refractivity contribution is 0.332. The molecule has 0 saturated carbocycles. The molecule has 12 rings (SSSR count). The summed E-state index contributed by atoms with van der Waals surface area (Å²) in [5, 5.41) is 0. The molecule has 0 fully saturated rings. The molecule has 0 unspecified atom stereocenters. The second-order valence-corrected chi connectivity index (χ2v) is 30.2. The Balaban J connectivity index is 1.18. The van der Waals surface area contributed by atoms with Gasteiger partial charge in [-0.3, -0.25) is 0 Å². The largest absolute Gasteiger partial charge is 0.311 e. The van der Waals surface area contributed by atoms with Crippen molar-refractivity contribution in [1.82, 2.24) is 0 Å². The Labute approximate surface area is 499 Å². The highest BCUT2D eigenvalue weighted by Crippen LogP contribution is 2.53. The quantitative estimate of drug-likeness (QED) is 0.140. The van der Waals surface area contributed by atoms with Gasteiger partial charge in [0.05, 0.1) is 5.69 Å². The summed E-state index contributed by atoms with van der Waals surface area (Å²) in [7, 11) is 0. The van der Waals surface area contributed by atoms with E-state index in [1.165, 1.54) is 117 Å². The molecular weight excluding hydrogens is 1000 g/mol. The topological polar surface area (TPSA) is 6.48 Å². The van der Waals surface area contributed by atoms with Crippen molar-refractivity contribution in [1.29, 1.82) is 0 Å². The SMILES string of the molecule is CC(C)(C)c1ccc(-c2cccc(-c3cc(C(C)(C)C)ccc3N3c4cc5c(cc4B4c6cc(C(C)(C)c7ccccc7)ccc6N(c6ccc(C(C)(C)c7ccccc7)cc6)c6cc(C(C)(C)C)cc3c64)C(C)(C)CCC5(C)C)c2)cc1. The second kappa shape index (κ2) is 19.6. The second-order valence-electron chi connectivity index (χ2n) is 30.2. The summed E-state index contributed by atoms with van der Waals surface area (Å²) >= 11 is 0. The van der Waals surface area contributed by atoms with Crippen LogP contribution < -0.4 is 26.2 Å². The van der Waals surface area contributed by atoms with Crippen molar-refractivity contribution < 1.29 is 0 Å². The molecule has 2 aliphatic heterocycles. The number of hydrogen-bond donors (Lipinski definition) is 0. The minimum Gasteiger partial charge on any atom is -0.311 e. The first-order valence-electron chi connectivity index (χ1n) is 30.7. The molecule has 3 heteroatoms. The summed E-state index contributed by atoms with van der Waals surface area (Å²) in [5.41, 5.74) is 27.8. The molecule has 9 aromatic rings. The van der Waals surface area contributed by atoms with Crippen molar-refractivity contribution >= 4 is 57.2 Å². The van der Waals surface area contributed by atoms with E-state index < -0.39 is 0 Å². The zero-order valence-corrected chi connectivity index (χ0v) is 52.9. The molecule has 0 radical (unpaired) electrons. The van der Waals surface area contributed by atoms with E-state index in [0.29, 0.717) is 0 Å². The molecule has 2 nitrogen and oxygen atoms in total. The monoisotopic (exact) mass is 1090 g/mol. The van der Waals surface area contributed by atoms with Gasteiger partial charge in [-0.2, -0.15) is 0 Å².